The van der Waals surface area contributed by atoms with Crippen LogP contribution in [0.3, 0.4) is 0 Å². The van der Waals surface area contributed by atoms with Crippen LogP contribution in [0.1, 0.15) is 35.5 Å². The van der Waals surface area contributed by atoms with Crippen molar-refractivity contribution in [3.05, 3.63) is 34.1 Å². The Bertz CT molecular complexity index is 683. The van der Waals surface area contributed by atoms with E-state index >= 15 is 0 Å². The number of aryl methyl sites for hydroxylation is 1. The normalized spacial score (nSPS) is 22.1. The van der Waals surface area contributed by atoms with Gasteiger partial charge >= 0.3 is 0 Å². The molecule has 7 nitrogen and oxygen atoms in total. The lowest BCUT2D eigenvalue weighted by molar-refractivity contribution is 0.125. The van der Waals surface area contributed by atoms with Gasteiger partial charge in [-0.3, -0.25) is 9.89 Å². The molecule has 2 aromatic rings. The summed E-state index contributed by atoms with van der Waals surface area (Å²) in [6.45, 7) is 4.32. The molecular formula is C17H26N6OS. The topological polar surface area (TPSA) is 78.6 Å². The van der Waals surface area contributed by atoms with Crippen LogP contribution >= 0.6 is 11.3 Å². The molecule has 1 fully saturated rings. The van der Waals surface area contributed by atoms with Gasteiger partial charge in [-0.2, -0.15) is 4.98 Å². The molecule has 1 aliphatic rings. The lowest BCUT2D eigenvalue weighted by Crippen LogP contribution is -2.44. The van der Waals surface area contributed by atoms with E-state index in [-0.39, 0.29) is 0 Å². The number of rotatable bonds is 5. The number of guanidine groups is 1. The summed E-state index contributed by atoms with van der Waals surface area (Å²) in [4.78, 5) is 12.4. The summed E-state index contributed by atoms with van der Waals surface area (Å²) in [6.07, 6.45) is 2.46. The van der Waals surface area contributed by atoms with Crippen molar-refractivity contribution in [2.75, 3.05) is 27.2 Å². The monoisotopic (exact) mass is 362 g/mol. The van der Waals surface area contributed by atoms with Crippen molar-refractivity contribution in [3.8, 4) is 0 Å². The zero-order valence-electron chi connectivity index (χ0n) is 15.0. The van der Waals surface area contributed by atoms with Gasteiger partial charge in [0.25, 0.3) is 0 Å². The fraction of sp³-hybridized carbons (Fsp3) is 0.588. The third-order valence-corrected chi connectivity index (χ3v) is 5.52. The minimum atomic E-state index is 0.470. The number of thiophene rings is 1. The van der Waals surface area contributed by atoms with Crippen LogP contribution < -0.4 is 10.6 Å². The van der Waals surface area contributed by atoms with Crippen molar-refractivity contribution in [3.63, 3.8) is 0 Å². The van der Waals surface area contributed by atoms with Gasteiger partial charge in [0.1, 0.15) is 0 Å². The molecule has 0 aliphatic carbocycles. The van der Waals surface area contributed by atoms with Crippen LogP contribution in [0, 0.1) is 12.8 Å². The Kier molecular flexibility index (Phi) is 6.04. The van der Waals surface area contributed by atoms with Crippen molar-refractivity contribution < 1.29 is 4.52 Å². The van der Waals surface area contributed by atoms with E-state index in [1.54, 1.807) is 7.05 Å². The van der Waals surface area contributed by atoms with Gasteiger partial charge in [0.15, 0.2) is 11.8 Å². The van der Waals surface area contributed by atoms with E-state index in [1.165, 1.54) is 17.7 Å². The van der Waals surface area contributed by atoms with Gasteiger partial charge in [-0.25, -0.2) is 0 Å². The highest BCUT2D eigenvalue weighted by atomic mass is 32.1. The first-order chi connectivity index (χ1) is 12.2. The molecule has 3 rings (SSSR count). The second kappa shape index (κ2) is 8.44. The second-order valence-electron chi connectivity index (χ2n) is 6.39. The first-order valence-corrected chi connectivity index (χ1v) is 9.52. The minimum absolute atomic E-state index is 0.470. The number of piperidine rings is 1. The maximum atomic E-state index is 5.12. The second-order valence-corrected chi connectivity index (χ2v) is 7.36. The summed E-state index contributed by atoms with van der Waals surface area (Å²) >= 11 is 1.84. The van der Waals surface area contributed by atoms with Crippen LogP contribution in [0.15, 0.2) is 27.0 Å². The molecule has 3 heterocycles. The summed E-state index contributed by atoms with van der Waals surface area (Å²) in [7, 11) is 4.00. The highest BCUT2D eigenvalue weighted by molar-refractivity contribution is 7.10. The fourth-order valence-corrected chi connectivity index (χ4v) is 4.39. The third kappa shape index (κ3) is 4.58. The van der Waals surface area contributed by atoms with Crippen LogP contribution in [-0.4, -0.2) is 48.2 Å². The number of aromatic nitrogens is 2. The summed E-state index contributed by atoms with van der Waals surface area (Å²) in [5, 5.41) is 12.6. The van der Waals surface area contributed by atoms with Crippen molar-refractivity contribution in [2.24, 2.45) is 10.9 Å². The lowest BCUT2D eigenvalue weighted by Gasteiger charge is -2.39. The Hall–Kier alpha value is -1.93. The molecule has 0 bridgehead atoms. The molecule has 2 aromatic heterocycles. The molecule has 1 saturated heterocycles. The van der Waals surface area contributed by atoms with Gasteiger partial charge < -0.3 is 15.2 Å². The van der Waals surface area contributed by atoms with Gasteiger partial charge in [-0.1, -0.05) is 11.2 Å². The van der Waals surface area contributed by atoms with Gasteiger partial charge in [-0.15, -0.1) is 11.3 Å². The number of likely N-dealkylation sites (tertiary alicyclic amines) is 1. The Morgan fingerprint density at radius 1 is 1.48 bits per heavy atom. The first kappa shape index (κ1) is 17.9. The van der Waals surface area contributed by atoms with Crippen molar-refractivity contribution in [1.82, 2.24) is 25.7 Å². The van der Waals surface area contributed by atoms with Crippen LogP contribution in [0.4, 0.5) is 0 Å². The number of nitrogens with one attached hydrogen (secondary N) is 2. The third-order valence-electron chi connectivity index (χ3n) is 4.57. The summed E-state index contributed by atoms with van der Waals surface area (Å²) in [5.41, 5.74) is 0. The largest absolute Gasteiger partial charge is 0.356 e. The lowest BCUT2D eigenvalue weighted by atomic mass is 9.88. The summed E-state index contributed by atoms with van der Waals surface area (Å²) in [5.74, 6) is 2.52. The zero-order valence-corrected chi connectivity index (χ0v) is 15.8. The number of aliphatic imine (C=N–C) groups is 1. The average molecular weight is 363 g/mol. The van der Waals surface area contributed by atoms with Crippen LogP contribution in [0.2, 0.25) is 0 Å². The first-order valence-electron chi connectivity index (χ1n) is 8.64. The predicted molar refractivity (Wildman–Crippen MR) is 99.7 cm³/mol. The van der Waals surface area contributed by atoms with Gasteiger partial charge in [0, 0.05) is 24.5 Å². The van der Waals surface area contributed by atoms with Crippen LogP contribution in [0.25, 0.3) is 0 Å². The standard InChI is InChI=1S/C17H26N6OS/c1-12-21-15(24-22-12)11-20-17(18-2)19-10-13-6-4-8-23(3)16(13)14-7-5-9-25-14/h5,7,9,13,16H,4,6,8,10-11H2,1-3H3,(H2,18,19,20). The quantitative estimate of drug-likeness (QED) is 0.627. The molecule has 8 heteroatoms. The molecule has 0 aromatic carbocycles. The van der Waals surface area contributed by atoms with Crippen molar-refractivity contribution >= 4 is 17.3 Å². The molecule has 0 amide bonds. The van der Waals surface area contributed by atoms with E-state index in [9.17, 15) is 0 Å². The highest BCUT2D eigenvalue weighted by Crippen LogP contribution is 2.36. The maximum absolute atomic E-state index is 5.12. The molecule has 1 aliphatic heterocycles. The van der Waals surface area contributed by atoms with E-state index in [1.807, 2.05) is 18.3 Å². The Balaban J connectivity index is 1.56. The number of hydrogen-bond acceptors (Lipinski definition) is 6. The minimum Gasteiger partial charge on any atom is -0.356 e. The predicted octanol–water partition coefficient (Wildman–Crippen LogP) is 2.19. The van der Waals surface area contributed by atoms with Gasteiger partial charge in [-0.05, 0) is 50.7 Å². The molecule has 0 radical (unpaired) electrons. The number of hydrogen-bond donors (Lipinski definition) is 2. The summed E-state index contributed by atoms with van der Waals surface area (Å²) in [6, 6.07) is 4.85. The molecule has 136 valence electrons. The molecule has 0 spiro atoms. The molecule has 25 heavy (non-hydrogen) atoms. The Labute approximate surface area is 152 Å². The smallest absolute Gasteiger partial charge is 0.246 e. The number of nitrogens with zero attached hydrogens (tertiary/aromatic N) is 4. The van der Waals surface area contributed by atoms with E-state index < -0.39 is 0 Å². The molecule has 2 N–H and O–H groups in total. The fourth-order valence-electron chi connectivity index (χ4n) is 3.40. The van der Waals surface area contributed by atoms with Gasteiger partial charge in [0.05, 0.1) is 6.54 Å². The van der Waals surface area contributed by atoms with Gasteiger partial charge in [0.2, 0.25) is 5.89 Å². The SMILES string of the molecule is CN=C(NCc1nc(C)no1)NCC1CCCN(C)C1c1cccs1. The van der Waals surface area contributed by atoms with Crippen molar-refractivity contribution in [1.29, 1.82) is 0 Å². The van der Waals surface area contributed by atoms with Crippen LogP contribution in [0.5, 0.6) is 0 Å². The van der Waals surface area contributed by atoms with E-state index in [2.05, 4.69) is 55.2 Å². The zero-order chi connectivity index (χ0) is 17.6. The molecule has 2 atom stereocenters. The summed E-state index contributed by atoms with van der Waals surface area (Å²) < 4.78 is 5.12. The molecule has 2 unspecified atom stereocenters. The van der Waals surface area contributed by atoms with Crippen molar-refractivity contribution in [2.45, 2.75) is 32.4 Å². The highest BCUT2D eigenvalue weighted by Gasteiger charge is 2.31. The van der Waals surface area contributed by atoms with Crippen LogP contribution in [-0.2, 0) is 6.54 Å². The van der Waals surface area contributed by atoms with E-state index in [0.717, 1.165) is 19.0 Å². The molecular weight excluding hydrogens is 336 g/mol. The molecule has 0 saturated carbocycles. The average Bonchev–Trinajstić information content (AvgIpc) is 3.27. The maximum Gasteiger partial charge on any atom is 0.246 e. The van der Waals surface area contributed by atoms with E-state index in [0.29, 0.717) is 30.2 Å². The Morgan fingerprint density at radius 3 is 3.04 bits per heavy atom. The Morgan fingerprint density at radius 2 is 2.36 bits per heavy atom. The van der Waals surface area contributed by atoms with E-state index in [4.69, 9.17) is 4.52 Å².